The first-order valence-corrected chi connectivity index (χ1v) is 7.70. The maximum atomic E-state index is 12.4. The molecule has 1 aliphatic heterocycles. The molecule has 6 nitrogen and oxygen atoms in total. The number of carbonyl (C=O) groups excluding carboxylic acids is 1. The van der Waals surface area contributed by atoms with Crippen LogP contribution in [0.1, 0.15) is 19.7 Å². The van der Waals surface area contributed by atoms with Gasteiger partial charge in [-0.05, 0) is 25.1 Å². The molecule has 1 amide bonds. The summed E-state index contributed by atoms with van der Waals surface area (Å²) in [4.78, 5) is 18.6. The Hall–Kier alpha value is -2.08. The average Bonchev–Trinajstić information content (AvgIpc) is 2.97. The smallest absolute Gasteiger partial charge is 0.244 e. The molecular weight excluding hydrogens is 282 g/mol. The van der Waals surface area contributed by atoms with Gasteiger partial charge in [0.05, 0.1) is 13.2 Å². The molecule has 2 heterocycles. The number of morpholine rings is 1. The summed E-state index contributed by atoms with van der Waals surface area (Å²) >= 11 is 0. The number of fused-ring (bicyclic) bond motifs is 1. The summed E-state index contributed by atoms with van der Waals surface area (Å²) in [6.07, 6.45) is 0.767. The molecule has 1 aromatic heterocycles. The van der Waals surface area contributed by atoms with Gasteiger partial charge in [-0.25, -0.2) is 4.98 Å². The normalized spacial score (nSPS) is 16.7. The predicted octanol–water partition coefficient (Wildman–Crippen LogP) is 2.05. The molecule has 0 bridgehead atoms. The second kappa shape index (κ2) is 6.36. The van der Waals surface area contributed by atoms with Gasteiger partial charge < -0.3 is 19.4 Å². The van der Waals surface area contributed by atoms with Crippen molar-refractivity contribution in [2.45, 2.75) is 26.3 Å². The number of nitrogens with one attached hydrogen (secondary N) is 1. The van der Waals surface area contributed by atoms with E-state index >= 15 is 0 Å². The molecule has 1 fully saturated rings. The average molecular weight is 303 g/mol. The first-order chi connectivity index (χ1) is 10.7. The van der Waals surface area contributed by atoms with Gasteiger partial charge in [0.1, 0.15) is 11.6 Å². The van der Waals surface area contributed by atoms with E-state index in [-0.39, 0.29) is 11.9 Å². The summed E-state index contributed by atoms with van der Waals surface area (Å²) in [5, 5.41) is 3.24. The number of carbonyl (C=O) groups is 1. The monoisotopic (exact) mass is 303 g/mol. The van der Waals surface area contributed by atoms with E-state index < -0.39 is 0 Å². The topological polar surface area (TPSA) is 67.6 Å². The quantitative estimate of drug-likeness (QED) is 0.936. The lowest BCUT2D eigenvalue weighted by Crippen LogP contribution is -2.46. The summed E-state index contributed by atoms with van der Waals surface area (Å²) in [6.45, 7) is 6.43. The van der Waals surface area contributed by atoms with E-state index in [2.05, 4.69) is 10.3 Å². The van der Waals surface area contributed by atoms with Crippen molar-refractivity contribution in [1.29, 1.82) is 0 Å². The third kappa shape index (κ3) is 3.06. The van der Waals surface area contributed by atoms with Crippen molar-refractivity contribution in [2.75, 3.05) is 31.6 Å². The van der Waals surface area contributed by atoms with Crippen molar-refractivity contribution < 1.29 is 13.9 Å². The Morgan fingerprint density at radius 1 is 1.41 bits per heavy atom. The minimum Gasteiger partial charge on any atom is -0.441 e. The van der Waals surface area contributed by atoms with Gasteiger partial charge in [0, 0.05) is 25.2 Å². The van der Waals surface area contributed by atoms with E-state index in [1.807, 2.05) is 36.9 Å². The number of hydrogen-bond donors (Lipinski definition) is 1. The highest BCUT2D eigenvalue weighted by Gasteiger charge is 2.22. The molecule has 118 valence electrons. The van der Waals surface area contributed by atoms with E-state index in [4.69, 9.17) is 9.15 Å². The number of nitrogens with zero attached hydrogens (tertiary/aromatic N) is 2. The highest BCUT2D eigenvalue weighted by Crippen LogP contribution is 2.21. The third-order valence-corrected chi connectivity index (χ3v) is 3.81. The number of hydrogen-bond acceptors (Lipinski definition) is 5. The van der Waals surface area contributed by atoms with Crippen LogP contribution in [0.25, 0.3) is 11.1 Å². The van der Waals surface area contributed by atoms with Crippen molar-refractivity contribution in [2.24, 2.45) is 0 Å². The van der Waals surface area contributed by atoms with Crippen LogP contribution >= 0.6 is 0 Å². The first kappa shape index (κ1) is 14.8. The van der Waals surface area contributed by atoms with Gasteiger partial charge in [0.2, 0.25) is 5.91 Å². The van der Waals surface area contributed by atoms with Crippen molar-refractivity contribution in [3.63, 3.8) is 0 Å². The zero-order valence-corrected chi connectivity index (χ0v) is 13.0. The van der Waals surface area contributed by atoms with Gasteiger partial charge in [-0.2, -0.15) is 0 Å². The van der Waals surface area contributed by atoms with Gasteiger partial charge in [-0.3, -0.25) is 4.79 Å². The Labute approximate surface area is 129 Å². The number of aromatic nitrogens is 1. The number of rotatable bonds is 4. The summed E-state index contributed by atoms with van der Waals surface area (Å²) in [7, 11) is 0. The molecule has 3 rings (SSSR count). The van der Waals surface area contributed by atoms with Crippen molar-refractivity contribution in [3.8, 4) is 0 Å². The molecule has 0 radical (unpaired) electrons. The summed E-state index contributed by atoms with van der Waals surface area (Å²) in [5.41, 5.74) is 2.46. The maximum Gasteiger partial charge on any atom is 0.244 e. The Balaban J connectivity index is 1.70. The molecule has 1 atom stereocenters. The number of ether oxygens (including phenoxy) is 1. The van der Waals surface area contributed by atoms with Crippen molar-refractivity contribution in [3.05, 3.63) is 24.1 Å². The third-order valence-electron chi connectivity index (χ3n) is 3.81. The van der Waals surface area contributed by atoms with E-state index in [1.54, 1.807) is 0 Å². The minimum atomic E-state index is -0.284. The molecule has 22 heavy (non-hydrogen) atoms. The molecule has 0 saturated carbocycles. The number of aryl methyl sites for hydroxylation is 1. The lowest BCUT2D eigenvalue weighted by atomic mass is 10.2. The molecule has 0 aliphatic carbocycles. The van der Waals surface area contributed by atoms with Crippen LogP contribution in [0.15, 0.2) is 22.6 Å². The van der Waals surface area contributed by atoms with Crippen LogP contribution in [0.2, 0.25) is 0 Å². The summed E-state index contributed by atoms with van der Waals surface area (Å²) in [5.74, 6) is 0.822. The van der Waals surface area contributed by atoms with Crippen molar-refractivity contribution in [1.82, 2.24) is 9.88 Å². The van der Waals surface area contributed by atoms with Crippen LogP contribution in [0.4, 0.5) is 5.69 Å². The molecule has 6 heteroatoms. The van der Waals surface area contributed by atoms with Crippen LogP contribution in [0, 0.1) is 0 Å². The number of amides is 1. The van der Waals surface area contributed by atoms with E-state index in [0.717, 1.165) is 29.1 Å². The Kier molecular flexibility index (Phi) is 4.29. The lowest BCUT2D eigenvalue weighted by Gasteiger charge is -2.29. The highest BCUT2D eigenvalue weighted by molar-refractivity contribution is 5.85. The molecule has 1 saturated heterocycles. The van der Waals surface area contributed by atoms with Gasteiger partial charge in [0.25, 0.3) is 0 Å². The Morgan fingerprint density at radius 2 is 2.18 bits per heavy atom. The van der Waals surface area contributed by atoms with Gasteiger partial charge in [-0.15, -0.1) is 0 Å². The van der Waals surface area contributed by atoms with E-state index in [1.165, 1.54) is 0 Å². The van der Waals surface area contributed by atoms with Crippen LogP contribution < -0.4 is 5.32 Å². The predicted molar refractivity (Wildman–Crippen MR) is 83.9 cm³/mol. The van der Waals surface area contributed by atoms with Gasteiger partial charge in [-0.1, -0.05) is 6.92 Å². The summed E-state index contributed by atoms with van der Waals surface area (Å²) < 4.78 is 10.9. The maximum absolute atomic E-state index is 12.4. The van der Waals surface area contributed by atoms with Gasteiger partial charge >= 0.3 is 0 Å². The molecule has 1 N–H and O–H groups in total. The second-order valence-electron chi connectivity index (χ2n) is 5.45. The fourth-order valence-electron chi connectivity index (χ4n) is 2.59. The molecule has 1 aliphatic rings. The minimum absolute atomic E-state index is 0.0952. The number of anilines is 1. The SMILES string of the molecule is CCc1nc2cc(N[C@@H](C)C(=O)N3CCOCC3)ccc2o1. The van der Waals surface area contributed by atoms with Crippen LogP contribution in [-0.4, -0.2) is 48.1 Å². The Morgan fingerprint density at radius 3 is 2.91 bits per heavy atom. The number of oxazole rings is 1. The molecule has 1 aromatic carbocycles. The highest BCUT2D eigenvalue weighted by atomic mass is 16.5. The molecule has 2 aromatic rings. The molecular formula is C16H21N3O3. The van der Waals surface area contributed by atoms with E-state index in [9.17, 15) is 4.79 Å². The standard InChI is InChI=1S/C16H21N3O3/c1-3-15-18-13-10-12(4-5-14(13)22-15)17-11(2)16(20)19-6-8-21-9-7-19/h4-5,10-11,17H,3,6-9H2,1-2H3/t11-/m0/s1. The molecule has 0 unspecified atom stereocenters. The zero-order chi connectivity index (χ0) is 15.5. The lowest BCUT2D eigenvalue weighted by molar-refractivity contribution is -0.135. The second-order valence-corrected chi connectivity index (χ2v) is 5.45. The van der Waals surface area contributed by atoms with Crippen LogP contribution in [0.5, 0.6) is 0 Å². The Bertz CT molecular complexity index is 662. The largest absolute Gasteiger partial charge is 0.441 e. The zero-order valence-electron chi connectivity index (χ0n) is 13.0. The molecule has 0 spiro atoms. The van der Waals surface area contributed by atoms with Crippen LogP contribution in [-0.2, 0) is 16.0 Å². The number of benzene rings is 1. The fourth-order valence-corrected chi connectivity index (χ4v) is 2.59. The summed E-state index contributed by atoms with van der Waals surface area (Å²) in [6, 6.07) is 5.43. The van der Waals surface area contributed by atoms with Gasteiger partial charge in [0.15, 0.2) is 11.5 Å². The first-order valence-electron chi connectivity index (χ1n) is 7.70. The van der Waals surface area contributed by atoms with Crippen LogP contribution in [0.3, 0.4) is 0 Å². The fraction of sp³-hybridized carbons (Fsp3) is 0.500. The van der Waals surface area contributed by atoms with Crippen molar-refractivity contribution >= 4 is 22.7 Å². The van der Waals surface area contributed by atoms with E-state index in [0.29, 0.717) is 26.3 Å².